The second-order valence-corrected chi connectivity index (χ2v) is 14.7. The molecule has 12 heteroatoms. The van der Waals surface area contributed by atoms with Gasteiger partial charge in [-0.05, 0) is 70.1 Å². The first kappa shape index (κ1) is 28.7. The number of aromatic nitrogens is 2. The number of hydrogen-bond donors (Lipinski definition) is 2. The summed E-state index contributed by atoms with van der Waals surface area (Å²) in [5.41, 5.74) is 1.79. The van der Waals surface area contributed by atoms with Crippen LogP contribution in [0.3, 0.4) is 0 Å². The summed E-state index contributed by atoms with van der Waals surface area (Å²) in [5, 5.41) is 12.6. The smallest absolute Gasteiger partial charge is 0.258 e. The van der Waals surface area contributed by atoms with Crippen LogP contribution in [-0.4, -0.2) is 72.9 Å². The van der Waals surface area contributed by atoms with E-state index in [1.54, 1.807) is 17.9 Å². The lowest BCUT2D eigenvalue weighted by molar-refractivity contribution is -0.0222. The Morgan fingerprint density at radius 3 is 2.23 bits per heavy atom. The van der Waals surface area contributed by atoms with Crippen LogP contribution in [0, 0.1) is 12.3 Å². The Labute approximate surface area is 233 Å². The van der Waals surface area contributed by atoms with Gasteiger partial charge < -0.3 is 20.2 Å². The standard InChI is InChI=1S/C28H37F2N5O4S/c1-19-16-23(33-25(31-19)35-14-10-28(29,30)11-15-35)32-24(37)21-5-4-20(40(38,39)26(2,3)18-36)17-22(21)34-12-8-27(6-7-27)9-13-34/h4-5,16-17,36H,6-15,18H2,1-3H3,(H,31,32,33,37). The van der Waals surface area contributed by atoms with Crippen molar-refractivity contribution >= 4 is 33.2 Å². The average molecular weight is 578 g/mol. The summed E-state index contributed by atoms with van der Waals surface area (Å²) in [7, 11) is -3.88. The summed E-state index contributed by atoms with van der Waals surface area (Å²) in [6, 6.07) is 6.06. The van der Waals surface area contributed by atoms with Crippen molar-refractivity contribution in [3.63, 3.8) is 0 Å². The number of aryl methyl sites for hydroxylation is 1. The number of nitrogens with zero attached hydrogens (tertiary/aromatic N) is 4. The second kappa shape index (κ2) is 10.2. The number of aliphatic hydroxyl groups is 1. The normalized spacial score (nSPS) is 20.4. The number of sulfone groups is 1. The van der Waals surface area contributed by atoms with Crippen LogP contribution in [0.5, 0.6) is 0 Å². The van der Waals surface area contributed by atoms with Gasteiger partial charge in [-0.15, -0.1) is 0 Å². The van der Waals surface area contributed by atoms with Gasteiger partial charge >= 0.3 is 0 Å². The number of piperidine rings is 2. The van der Waals surface area contributed by atoms with Gasteiger partial charge in [0.1, 0.15) is 5.82 Å². The summed E-state index contributed by atoms with van der Waals surface area (Å²) in [4.78, 5) is 26.2. The predicted octanol–water partition coefficient (Wildman–Crippen LogP) is 4.20. The molecule has 1 saturated carbocycles. The van der Waals surface area contributed by atoms with Crippen molar-refractivity contribution < 1.29 is 27.1 Å². The number of carbonyl (C=O) groups is 1. The van der Waals surface area contributed by atoms with Crippen molar-refractivity contribution in [3.8, 4) is 0 Å². The van der Waals surface area contributed by atoms with Crippen molar-refractivity contribution in [1.82, 2.24) is 9.97 Å². The van der Waals surface area contributed by atoms with E-state index in [9.17, 15) is 27.1 Å². The lowest BCUT2D eigenvalue weighted by atomic mass is 9.93. The molecule has 0 radical (unpaired) electrons. The summed E-state index contributed by atoms with van der Waals surface area (Å²) in [6.45, 7) is 5.80. The van der Waals surface area contributed by atoms with Gasteiger partial charge in [0.25, 0.3) is 11.8 Å². The van der Waals surface area contributed by atoms with Crippen LogP contribution >= 0.6 is 0 Å². The third kappa shape index (κ3) is 5.65. The van der Waals surface area contributed by atoms with Gasteiger partial charge in [-0.2, -0.15) is 4.98 Å². The molecule has 1 aromatic heterocycles. The molecule has 2 aliphatic heterocycles. The quantitative estimate of drug-likeness (QED) is 0.503. The third-order valence-corrected chi connectivity index (χ3v) is 11.1. The molecule has 5 rings (SSSR count). The average Bonchev–Trinajstić information content (AvgIpc) is 3.66. The fourth-order valence-corrected chi connectivity index (χ4v) is 6.73. The van der Waals surface area contributed by atoms with Crippen LogP contribution in [0.15, 0.2) is 29.2 Å². The van der Waals surface area contributed by atoms with Crippen molar-refractivity contribution in [2.45, 2.75) is 74.9 Å². The summed E-state index contributed by atoms with van der Waals surface area (Å²) in [6.07, 6.45) is 3.81. The van der Waals surface area contributed by atoms with Gasteiger partial charge in [0.2, 0.25) is 5.95 Å². The molecule has 3 fully saturated rings. The molecule has 1 amide bonds. The molecule has 0 bridgehead atoms. The molecule has 1 aromatic carbocycles. The number of hydrogen-bond acceptors (Lipinski definition) is 8. The molecule has 40 heavy (non-hydrogen) atoms. The Hall–Kier alpha value is -2.86. The molecule has 0 atom stereocenters. The topological polar surface area (TPSA) is 116 Å². The van der Waals surface area contributed by atoms with Crippen LogP contribution in [0.1, 0.15) is 68.4 Å². The number of aliphatic hydroxyl groups excluding tert-OH is 1. The number of carbonyl (C=O) groups excluding carboxylic acids is 1. The van der Waals surface area contributed by atoms with Gasteiger partial charge in [-0.3, -0.25) is 4.79 Å². The summed E-state index contributed by atoms with van der Waals surface area (Å²) < 4.78 is 52.6. The first-order valence-corrected chi connectivity index (χ1v) is 15.3. The molecule has 2 aromatic rings. The van der Waals surface area contributed by atoms with E-state index < -0.39 is 33.0 Å². The van der Waals surface area contributed by atoms with Crippen LogP contribution < -0.4 is 15.1 Å². The second-order valence-electron chi connectivity index (χ2n) is 12.1. The molecule has 0 unspecified atom stereocenters. The number of anilines is 3. The largest absolute Gasteiger partial charge is 0.395 e. The van der Waals surface area contributed by atoms with E-state index >= 15 is 0 Å². The highest BCUT2D eigenvalue weighted by atomic mass is 32.2. The van der Waals surface area contributed by atoms with Crippen molar-refractivity contribution in [3.05, 3.63) is 35.5 Å². The van der Waals surface area contributed by atoms with Gasteiger partial charge in [0.15, 0.2) is 9.84 Å². The number of alkyl halides is 2. The fraction of sp³-hybridized carbons (Fsp3) is 0.607. The maximum Gasteiger partial charge on any atom is 0.258 e. The maximum absolute atomic E-state index is 13.7. The van der Waals surface area contributed by atoms with Crippen LogP contribution in [0.4, 0.5) is 26.2 Å². The van der Waals surface area contributed by atoms with Crippen LogP contribution in [0.25, 0.3) is 0 Å². The summed E-state index contributed by atoms with van der Waals surface area (Å²) in [5.74, 6) is -2.64. The minimum Gasteiger partial charge on any atom is -0.395 e. The lowest BCUT2D eigenvalue weighted by Gasteiger charge is -2.35. The minimum absolute atomic E-state index is 0.0480. The van der Waals surface area contributed by atoms with Crippen LogP contribution in [-0.2, 0) is 9.84 Å². The number of nitrogens with one attached hydrogen (secondary N) is 1. The monoisotopic (exact) mass is 577 g/mol. The Morgan fingerprint density at radius 1 is 1.00 bits per heavy atom. The molecular weight excluding hydrogens is 540 g/mol. The van der Waals surface area contributed by atoms with E-state index in [1.807, 2.05) is 0 Å². The Kier molecular flexibility index (Phi) is 7.31. The number of amides is 1. The molecular formula is C28H37F2N5O4S. The van der Waals surface area contributed by atoms with Gasteiger partial charge in [-0.1, -0.05) is 0 Å². The van der Waals surface area contributed by atoms with Crippen molar-refractivity contribution in [2.24, 2.45) is 5.41 Å². The number of rotatable bonds is 7. The number of benzene rings is 1. The van der Waals surface area contributed by atoms with Crippen molar-refractivity contribution in [1.29, 1.82) is 0 Å². The Bertz CT molecular complexity index is 1390. The first-order chi connectivity index (χ1) is 18.7. The van der Waals surface area contributed by atoms with E-state index in [1.165, 1.54) is 44.9 Å². The van der Waals surface area contributed by atoms with Gasteiger partial charge in [0.05, 0.1) is 27.5 Å². The van der Waals surface area contributed by atoms with Crippen LogP contribution in [0.2, 0.25) is 0 Å². The van der Waals surface area contributed by atoms with Gasteiger partial charge in [0, 0.05) is 50.8 Å². The Balaban J connectivity index is 1.44. The van der Waals surface area contributed by atoms with E-state index in [0.29, 0.717) is 35.4 Å². The van der Waals surface area contributed by atoms with E-state index in [2.05, 4.69) is 20.2 Å². The number of halogens is 2. The highest BCUT2D eigenvalue weighted by Gasteiger charge is 2.45. The van der Waals surface area contributed by atoms with Gasteiger partial charge in [-0.25, -0.2) is 22.2 Å². The molecule has 9 nitrogen and oxygen atoms in total. The fourth-order valence-electron chi connectivity index (χ4n) is 5.41. The zero-order valence-electron chi connectivity index (χ0n) is 23.2. The lowest BCUT2D eigenvalue weighted by Crippen LogP contribution is -2.40. The SMILES string of the molecule is Cc1cc(NC(=O)c2ccc(S(=O)(=O)C(C)(C)CO)cc2N2CCC3(CC2)CC3)nc(N2CCC(F)(F)CC2)n1. The molecule has 1 spiro atoms. The molecule has 3 aliphatic rings. The van der Waals surface area contributed by atoms with Crippen molar-refractivity contribution in [2.75, 3.05) is 47.9 Å². The molecule has 218 valence electrons. The van der Waals surface area contributed by atoms with E-state index in [0.717, 1.165) is 12.8 Å². The molecule has 1 aliphatic carbocycles. The molecule has 2 N–H and O–H groups in total. The third-order valence-electron chi connectivity index (χ3n) is 8.62. The minimum atomic E-state index is -3.88. The van der Waals surface area contributed by atoms with E-state index in [-0.39, 0.29) is 42.6 Å². The zero-order chi connectivity index (χ0) is 28.9. The first-order valence-electron chi connectivity index (χ1n) is 13.8. The Morgan fingerprint density at radius 2 is 1.62 bits per heavy atom. The molecule has 3 heterocycles. The molecule has 2 saturated heterocycles. The highest BCUT2D eigenvalue weighted by Crippen LogP contribution is 2.54. The summed E-state index contributed by atoms with van der Waals surface area (Å²) >= 11 is 0. The maximum atomic E-state index is 13.7. The predicted molar refractivity (Wildman–Crippen MR) is 149 cm³/mol. The zero-order valence-corrected chi connectivity index (χ0v) is 24.0. The van der Waals surface area contributed by atoms with E-state index in [4.69, 9.17) is 0 Å². The highest BCUT2D eigenvalue weighted by molar-refractivity contribution is 7.92.